The first-order valence-electron chi connectivity index (χ1n) is 9.79. The van der Waals surface area contributed by atoms with Crippen LogP contribution in [0.1, 0.15) is 23.6 Å². The van der Waals surface area contributed by atoms with Crippen molar-refractivity contribution in [3.63, 3.8) is 0 Å². The molecule has 0 atom stereocenters. The molecule has 1 aliphatic rings. The Bertz CT molecular complexity index is 1070. The van der Waals surface area contributed by atoms with Crippen molar-refractivity contribution in [2.45, 2.75) is 20.4 Å². The summed E-state index contributed by atoms with van der Waals surface area (Å²) in [4.78, 5) is 26.7. The van der Waals surface area contributed by atoms with Crippen molar-refractivity contribution in [1.82, 2.24) is 4.90 Å². The molecule has 0 saturated carbocycles. The molecule has 0 aliphatic carbocycles. The van der Waals surface area contributed by atoms with Gasteiger partial charge >= 0.3 is 5.97 Å². The number of aryl methyl sites for hydroxylation is 1. The molecule has 1 saturated heterocycles. The van der Waals surface area contributed by atoms with Crippen molar-refractivity contribution < 1.29 is 23.8 Å². The average molecular weight is 583 g/mol. The molecule has 168 valence electrons. The molecular formula is C23H22INO5S2. The SMILES string of the molecule is CCOC(=O)COc1c(I)cc(/C=C2\SC(=S)N(Cc3ccc(C)cc3)C2=O)cc1OC. The third kappa shape index (κ3) is 6.02. The zero-order valence-electron chi connectivity index (χ0n) is 17.8. The smallest absolute Gasteiger partial charge is 0.344 e. The summed E-state index contributed by atoms with van der Waals surface area (Å²) in [6.45, 7) is 4.27. The lowest BCUT2D eigenvalue weighted by Crippen LogP contribution is -2.27. The average Bonchev–Trinajstić information content (AvgIpc) is 3.01. The summed E-state index contributed by atoms with van der Waals surface area (Å²) in [5.74, 6) is 0.330. The van der Waals surface area contributed by atoms with E-state index in [1.807, 2.05) is 37.3 Å². The normalized spacial score (nSPS) is 14.8. The second-order valence-corrected chi connectivity index (χ2v) is 9.72. The minimum absolute atomic E-state index is 0.128. The first-order valence-corrected chi connectivity index (χ1v) is 12.1. The minimum atomic E-state index is -0.452. The monoisotopic (exact) mass is 583 g/mol. The number of benzene rings is 2. The van der Waals surface area contributed by atoms with Gasteiger partial charge in [0.25, 0.3) is 5.91 Å². The quantitative estimate of drug-likeness (QED) is 0.189. The molecule has 0 bridgehead atoms. The highest BCUT2D eigenvalue weighted by Gasteiger charge is 2.32. The van der Waals surface area contributed by atoms with Crippen molar-refractivity contribution in [1.29, 1.82) is 0 Å². The number of hydrogen-bond acceptors (Lipinski definition) is 7. The van der Waals surface area contributed by atoms with Crippen molar-refractivity contribution in [2.75, 3.05) is 20.3 Å². The number of halogens is 1. The number of methoxy groups -OCH3 is 1. The highest BCUT2D eigenvalue weighted by molar-refractivity contribution is 14.1. The van der Waals surface area contributed by atoms with Gasteiger partial charge in [-0.25, -0.2) is 4.79 Å². The third-order valence-electron chi connectivity index (χ3n) is 4.52. The summed E-state index contributed by atoms with van der Waals surface area (Å²) in [7, 11) is 1.52. The molecule has 1 aliphatic heterocycles. The fourth-order valence-corrected chi connectivity index (χ4v) is 5.00. The molecule has 0 N–H and O–H groups in total. The van der Waals surface area contributed by atoms with Gasteiger partial charge in [0.15, 0.2) is 18.1 Å². The van der Waals surface area contributed by atoms with Crippen LogP contribution in [0.15, 0.2) is 41.3 Å². The van der Waals surface area contributed by atoms with E-state index in [4.69, 9.17) is 26.4 Å². The highest BCUT2D eigenvalue weighted by atomic mass is 127. The Labute approximate surface area is 210 Å². The Kier molecular flexibility index (Phi) is 8.55. The number of carbonyl (C=O) groups is 2. The lowest BCUT2D eigenvalue weighted by atomic mass is 10.1. The number of hydrogen-bond donors (Lipinski definition) is 0. The molecular weight excluding hydrogens is 561 g/mol. The van der Waals surface area contributed by atoms with E-state index in [1.54, 1.807) is 24.0 Å². The summed E-state index contributed by atoms with van der Waals surface area (Å²) in [5.41, 5.74) is 2.95. The Morgan fingerprint density at radius 1 is 1.25 bits per heavy atom. The van der Waals surface area contributed by atoms with Crippen LogP contribution in [-0.4, -0.2) is 41.4 Å². The number of nitrogens with zero attached hydrogens (tertiary/aromatic N) is 1. The molecule has 0 spiro atoms. The Morgan fingerprint density at radius 3 is 2.62 bits per heavy atom. The molecule has 2 aromatic rings. The van der Waals surface area contributed by atoms with Crippen LogP contribution in [0.3, 0.4) is 0 Å². The van der Waals surface area contributed by atoms with E-state index < -0.39 is 5.97 Å². The van der Waals surface area contributed by atoms with Gasteiger partial charge in [0.2, 0.25) is 0 Å². The Balaban J connectivity index is 1.79. The number of esters is 1. The summed E-state index contributed by atoms with van der Waals surface area (Å²) in [6.07, 6.45) is 1.79. The predicted molar refractivity (Wildman–Crippen MR) is 138 cm³/mol. The molecule has 1 amide bonds. The highest BCUT2D eigenvalue weighted by Crippen LogP contribution is 2.37. The molecule has 2 aromatic carbocycles. The van der Waals surface area contributed by atoms with Crippen LogP contribution in [0.5, 0.6) is 11.5 Å². The van der Waals surface area contributed by atoms with E-state index in [1.165, 1.54) is 18.9 Å². The second kappa shape index (κ2) is 11.2. The van der Waals surface area contributed by atoms with Crippen LogP contribution in [0, 0.1) is 10.5 Å². The van der Waals surface area contributed by atoms with Gasteiger partial charge in [-0.15, -0.1) is 0 Å². The van der Waals surface area contributed by atoms with E-state index >= 15 is 0 Å². The number of rotatable bonds is 8. The van der Waals surface area contributed by atoms with Crippen LogP contribution >= 0.6 is 46.6 Å². The van der Waals surface area contributed by atoms with Crippen LogP contribution in [-0.2, 0) is 20.9 Å². The molecule has 0 unspecified atom stereocenters. The Morgan fingerprint density at radius 2 is 1.97 bits per heavy atom. The van der Waals surface area contributed by atoms with Crippen LogP contribution < -0.4 is 9.47 Å². The lowest BCUT2D eigenvalue weighted by molar-refractivity contribution is -0.145. The Hall–Kier alpha value is -2.11. The van der Waals surface area contributed by atoms with Crippen LogP contribution in [0.4, 0.5) is 0 Å². The zero-order chi connectivity index (χ0) is 23.3. The zero-order valence-corrected chi connectivity index (χ0v) is 21.6. The van der Waals surface area contributed by atoms with Crippen molar-refractivity contribution >= 4 is 68.8 Å². The maximum atomic E-state index is 13.0. The van der Waals surface area contributed by atoms with Crippen molar-refractivity contribution in [2.24, 2.45) is 0 Å². The minimum Gasteiger partial charge on any atom is -0.493 e. The fraction of sp³-hybridized carbons (Fsp3) is 0.261. The van der Waals surface area contributed by atoms with E-state index in [0.29, 0.717) is 27.3 Å². The number of thiocarbonyl (C=S) groups is 1. The van der Waals surface area contributed by atoms with Gasteiger partial charge < -0.3 is 14.2 Å². The van der Waals surface area contributed by atoms with Crippen molar-refractivity contribution in [3.05, 3.63) is 61.6 Å². The topological polar surface area (TPSA) is 65.1 Å². The van der Waals surface area contributed by atoms with Gasteiger partial charge in [-0.2, -0.15) is 0 Å². The first kappa shape index (κ1) is 24.5. The molecule has 9 heteroatoms. The van der Waals surface area contributed by atoms with Gasteiger partial charge in [-0.05, 0) is 65.8 Å². The molecule has 0 radical (unpaired) electrons. The maximum absolute atomic E-state index is 13.0. The van der Waals surface area contributed by atoms with E-state index in [0.717, 1.165) is 20.3 Å². The fourth-order valence-electron chi connectivity index (χ4n) is 2.96. The summed E-state index contributed by atoms with van der Waals surface area (Å²) in [6, 6.07) is 11.6. The number of ether oxygens (including phenoxy) is 3. The molecule has 3 rings (SSSR count). The first-order chi connectivity index (χ1) is 15.3. The van der Waals surface area contributed by atoms with E-state index in [-0.39, 0.29) is 19.1 Å². The van der Waals surface area contributed by atoms with E-state index in [9.17, 15) is 9.59 Å². The third-order valence-corrected chi connectivity index (χ3v) is 6.70. The number of thioether (sulfide) groups is 1. The molecule has 1 heterocycles. The molecule has 0 aromatic heterocycles. The van der Waals surface area contributed by atoms with Gasteiger partial charge in [0, 0.05) is 0 Å². The predicted octanol–water partition coefficient (Wildman–Crippen LogP) is 4.95. The molecule has 6 nitrogen and oxygen atoms in total. The van der Waals surface area contributed by atoms with Crippen LogP contribution in [0.2, 0.25) is 0 Å². The summed E-state index contributed by atoms with van der Waals surface area (Å²) < 4.78 is 17.2. The molecule has 32 heavy (non-hydrogen) atoms. The van der Waals surface area contributed by atoms with Gasteiger partial charge in [-0.1, -0.05) is 53.8 Å². The van der Waals surface area contributed by atoms with Gasteiger partial charge in [-0.3, -0.25) is 9.69 Å². The summed E-state index contributed by atoms with van der Waals surface area (Å²) in [5, 5.41) is 0. The van der Waals surface area contributed by atoms with E-state index in [2.05, 4.69) is 22.6 Å². The largest absolute Gasteiger partial charge is 0.493 e. The van der Waals surface area contributed by atoms with Crippen molar-refractivity contribution in [3.8, 4) is 11.5 Å². The van der Waals surface area contributed by atoms with Gasteiger partial charge in [0.05, 0.1) is 28.7 Å². The number of carbonyl (C=O) groups excluding carboxylic acids is 2. The second-order valence-electron chi connectivity index (χ2n) is 6.88. The standard InChI is InChI=1S/C23H22INO5S2/c1-4-29-20(26)13-30-21-17(24)9-16(10-18(21)28-3)11-19-22(27)25(23(31)32-19)12-15-7-5-14(2)6-8-15/h5-11H,4,12-13H2,1-3H3/b19-11-. The maximum Gasteiger partial charge on any atom is 0.344 e. The lowest BCUT2D eigenvalue weighted by Gasteiger charge is -2.14. The van der Waals surface area contributed by atoms with Gasteiger partial charge in [0.1, 0.15) is 4.32 Å². The molecule has 1 fully saturated rings. The summed E-state index contributed by atoms with van der Waals surface area (Å²) >= 11 is 8.83. The van der Waals surface area contributed by atoms with Crippen LogP contribution in [0.25, 0.3) is 6.08 Å². The number of amides is 1.